The second-order valence-corrected chi connectivity index (χ2v) is 6.24. The first-order chi connectivity index (χ1) is 8.30. The fourth-order valence-electron chi connectivity index (χ4n) is 1.64. The van der Waals surface area contributed by atoms with Crippen LogP contribution in [-0.4, -0.2) is 29.6 Å². The van der Waals surface area contributed by atoms with E-state index in [-0.39, 0.29) is 6.10 Å². The molecule has 0 N–H and O–H groups in total. The van der Waals surface area contributed by atoms with Gasteiger partial charge in [-0.25, -0.2) is 0 Å². The van der Waals surface area contributed by atoms with Crippen molar-refractivity contribution in [3.63, 3.8) is 0 Å². The minimum absolute atomic E-state index is 0.228. The molecule has 1 aromatic carbocycles. The molecule has 0 saturated heterocycles. The molecule has 0 aliphatic carbocycles. The Kier molecular flexibility index (Phi) is 7.12. The summed E-state index contributed by atoms with van der Waals surface area (Å²) in [5.41, 5.74) is 1.21. The molecular weight excluding hydrogens is 232 g/mol. The quantitative estimate of drug-likeness (QED) is 0.667. The van der Waals surface area contributed by atoms with Crippen molar-refractivity contribution in [2.24, 2.45) is 0 Å². The summed E-state index contributed by atoms with van der Waals surface area (Å²) < 4.78 is 16.5. The first-order valence-corrected chi connectivity index (χ1v) is 7.77. The summed E-state index contributed by atoms with van der Waals surface area (Å²) in [6.07, 6.45) is 1.22. The van der Waals surface area contributed by atoms with Crippen LogP contribution in [0.25, 0.3) is 0 Å². The van der Waals surface area contributed by atoms with Crippen molar-refractivity contribution in [3.05, 3.63) is 35.9 Å². The number of rotatable bonds is 8. The first-order valence-electron chi connectivity index (χ1n) is 6.01. The SMILES string of the molecule is CCC(C[SiH](OC)OC)OCc1ccccc1. The van der Waals surface area contributed by atoms with Gasteiger partial charge in [0, 0.05) is 20.3 Å². The molecule has 4 heteroatoms. The third-order valence-electron chi connectivity index (χ3n) is 2.76. The van der Waals surface area contributed by atoms with E-state index < -0.39 is 9.28 Å². The first kappa shape index (κ1) is 14.4. The average Bonchev–Trinajstić information content (AvgIpc) is 2.40. The summed E-state index contributed by atoms with van der Waals surface area (Å²) in [5.74, 6) is 0. The summed E-state index contributed by atoms with van der Waals surface area (Å²) in [6, 6.07) is 11.1. The van der Waals surface area contributed by atoms with Crippen LogP contribution in [0.5, 0.6) is 0 Å². The number of hydrogen-bond donors (Lipinski definition) is 0. The average molecular weight is 254 g/mol. The topological polar surface area (TPSA) is 27.7 Å². The Morgan fingerprint density at radius 1 is 1.12 bits per heavy atom. The minimum Gasteiger partial charge on any atom is -0.400 e. The van der Waals surface area contributed by atoms with Crippen LogP contribution in [0, 0.1) is 0 Å². The van der Waals surface area contributed by atoms with E-state index in [1.165, 1.54) is 5.56 Å². The predicted octanol–water partition coefficient (Wildman–Crippen LogP) is 2.50. The van der Waals surface area contributed by atoms with Gasteiger partial charge >= 0.3 is 9.28 Å². The van der Waals surface area contributed by atoms with Crippen LogP contribution < -0.4 is 0 Å². The summed E-state index contributed by atoms with van der Waals surface area (Å²) in [5, 5.41) is 0. The lowest BCUT2D eigenvalue weighted by atomic mass is 10.2. The fraction of sp³-hybridized carbons (Fsp3) is 0.538. The Labute approximate surface area is 106 Å². The molecule has 0 aromatic heterocycles. The van der Waals surface area contributed by atoms with E-state index in [9.17, 15) is 0 Å². The van der Waals surface area contributed by atoms with E-state index in [1.807, 2.05) is 18.2 Å². The van der Waals surface area contributed by atoms with Crippen LogP contribution in [0.2, 0.25) is 6.04 Å². The molecule has 1 rings (SSSR count). The van der Waals surface area contributed by atoms with E-state index >= 15 is 0 Å². The van der Waals surface area contributed by atoms with E-state index in [1.54, 1.807) is 14.2 Å². The third kappa shape index (κ3) is 5.45. The molecule has 0 heterocycles. The highest BCUT2D eigenvalue weighted by Gasteiger charge is 2.17. The summed E-state index contributed by atoms with van der Waals surface area (Å²) in [6.45, 7) is 2.79. The summed E-state index contributed by atoms with van der Waals surface area (Å²) in [7, 11) is 1.91. The number of hydrogen-bond acceptors (Lipinski definition) is 3. The van der Waals surface area contributed by atoms with E-state index in [0.717, 1.165) is 12.5 Å². The number of ether oxygens (including phenoxy) is 1. The predicted molar refractivity (Wildman–Crippen MR) is 71.3 cm³/mol. The molecule has 0 aliphatic rings. The Morgan fingerprint density at radius 2 is 1.76 bits per heavy atom. The maximum atomic E-state index is 5.89. The highest BCUT2D eigenvalue weighted by Crippen LogP contribution is 2.12. The fourth-order valence-corrected chi connectivity index (χ4v) is 3.12. The monoisotopic (exact) mass is 254 g/mol. The molecule has 1 unspecified atom stereocenters. The van der Waals surface area contributed by atoms with Crippen molar-refractivity contribution in [2.45, 2.75) is 32.1 Å². The van der Waals surface area contributed by atoms with Crippen LogP contribution in [0.15, 0.2) is 30.3 Å². The molecule has 1 atom stereocenters. The number of benzene rings is 1. The zero-order valence-electron chi connectivity index (χ0n) is 10.9. The van der Waals surface area contributed by atoms with E-state index in [2.05, 4.69) is 19.1 Å². The third-order valence-corrected chi connectivity index (χ3v) is 4.73. The molecule has 0 fully saturated rings. The van der Waals surface area contributed by atoms with Crippen molar-refractivity contribution in [2.75, 3.05) is 14.2 Å². The second-order valence-electron chi connectivity index (χ2n) is 3.96. The minimum atomic E-state index is -1.52. The zero-order chi connectivity index (χ0) is 12.5. The molecule has 0 bridgehead atoms. The highest BCUT2D eigenvalue weighted by molar-refractivity contribution is 6.44. The molecule has 3 nitrogen and oxygen atoms in total. The Balaban J connectivity index is 2.37. The van der Waals surface area contributed by atoms with Gasteiger partial charge in [-0.2, -0.15) is 0 Å². The molecule has 0 spiro atoms. The van der Waals surface area contributed by atoms with Gasteiger partial charge in [0.05, 0.1) is 12.7 Å². The zero-order valence-corrected chi connectivity index (χ0v) is 12.0. The second kappa shape index (κ2) is 8.41. The Bertz CT molecular complexity index is 288. The molecule has 0 amide bonds. The highest BCUT2D eigenvalue weighted by atomic mass is 28.3. The maximum absolute atomic E-state index is 5.89. The molecule has 0 aliphatic heterocycles. The molecular formula is C13H22O3Si. The van der Waals surface area contributed by atoms with E-state index in [0.29, 0.717) is 6.61 Å². The van der Waals surface area contributed by atoms with Crippen molar-refractivity contribution >= 4 is 9.28 Å². The normalized spacial score (nSPS) is 12.9. The van der Waals surface area contributed by atoms with Gasteiger partial charge in [-0.1, -0.05) is 37.3 Å². The van der Waals surface area contributed by atoms with Gasteiger partial charge in [0.2, 0.25) is 0 Å². The molecule has 0 saturated carbocycles. The molecule has 1 aromatic rings. The van der Waals surface area contributed by atoms with Gasteiger partial charge < -0.3 is 13.6 Å². The van der Waals surface area contributed by atoms with Crippen molar-refractivity contribution in [1.29, 1.82) is 0 Å². The van der Waals surface area contributed by atoms with Crippen LogP contribution in [0.3, 0.4) is 0 Å². The standard InChI is InChI=1S/C13H22O3Si/c1-4-13(11-17(14-2)15-3)16-10-12-8-6-5-7-9-12/h5-9,13,17H,4,10-11H2,1-3H3. The van der Waals surface area contributed by atoms with Gasteiger partial charge in [0.15, 0.2) is 0 Å². The maximum Gasteiger partial charge on any atom is 0.323 e. The lowest BCUT2D eigenvalue weighted by Crippen LogP contribution is -2.26. The largest absolute Gasteiger partial charge is 0.400 e. The van der Waals surface area contributed by atoms with Crippen LogP contribution in [-0.2, 0) is 20.2 Å². The van der Waals surface area contributed by atoms with Gasteiger partial charge in [-0.05, 0) is 12.0 Å². The molecule has 17 heavy (non-hydrogen) atoms. The Morgan fingerprint density at radius 3 is 2.29 bits per heavy atom. The van der Waals surface area contributed by atoms with Crippen LogP contribution in [0.1, 0.15) is 18.9 Å². The molecule has 96 valence electrons. The summed E-state index contributed by atoms with van der Waals surface area (Å²) in [4.78, 5) is 0. The summed E-state index contributed by atoms with van der Waals surface area (Å²) >= 11 is 0. The Hall–Kier alpha value is -0.683. The van der Waals surface area contributed by atoms with Crippen molar-refractivity contribution < 1.29 is 13.6 Å². The van der Waals surface area contributed by atoms with E-state index in [4.69, 9.17) is 13.6 Å². The van der Waals surface area contributed by atoms with Crippen molar-refractivity contribution in [3.8, 4) is 0 Å². The van der Waals surface area contributed by atoms with Crippen molar-refractivity contribution in [1.82, 2.24) is 0 Å². The van der Waals surface area contributed by atoms with Gasteiger partial charge in [0.25, 0.3) is 0 Å². The van der Waals surface area contributed by atoms with Gasteiger partial charge in [0.1, 0.15) is 0 Å². The van der Waals surface area contributed by atoms with Gasteiger partial charge in [-0.15, -0.1) is 0 Å². The lowest BCUT2D eigenvalue weighted by molar-refractivity contribution is 0.0451. The van der Waals surface area contributed by atoms with Crippen LogP contribution >= 0.6 is 0 Å². The lowest BCUT2D eigenvalue weighted by Gasteiger charge is -2.19. The van der Waals surface area contributed by atoms with Gasteiger partial charge in [-0.3, -0.25) is 0 Å². The smallest absolute Gasteiger partial charge is 0.323 e. The molecule has 0 radical (unpaired) electrons. The van der Waals surface area contributed by atoms with Crippen LogP contribution in [0.4, 0.5) is 0 Å².